The van der Waals surface area contributed by atoms with Gasteiger partial charge in [-0.2, -0.15) is 4.98 Å². The Morgan fingerprint density at radius 1 is 1.03 bits per heavy atom. The second kappa shape index (κ2) is 9.91. The lowest BCUT2D eigenvalue weighted by atomic mass is 10.1. The summed E-state index contributed by atoms with van der Waals surface area (Å²) in [6, 6.07) is 10.6. The van der Waals surface area contributed by atoms with Crippen molar-refractivity contribution in [1.29, 1.82) is 0 Å². The lowest BCUT2D eigenvalue weighted by Crippen LogP contribution is -2.49. The van der Waals surface area contributed by atoms with Gasteiger partial charge in [0.15, 0.2) is 5.78 Å². The summed E-state index contributed by atoms with van der Waals surface area (Å²) in [6.07, 6.45) is 2.83. The number of hydrogen-bond donors (Lipinski definition) is 0. The van der Waals surface area contributed by atoms with Gasteiger partial charge in [-0.3, -0.25) is 9.59 Å². The van der Waals surface area contributed by atoms with E-state index in [2.05, 4.69) is 20.0 Å². The number of nitrogens with zero attached hydrogens (tertiary/aromatic N) is 5. The van der Waals surface area contributed by atoms with E-state index in [1.807, 2.05) is 24.0 Å². The number of piperazine rings is 1. The van der Waals surface area contributed by atoms with Gasteiger partial charge in [-0.25, -0.2) is 4.98 Å². The van der Waals surface area contributed by atoms with Crippen molar-refractivity contribution in [2.45, 2.75) is 26.2 Å². The molecule has 1 saturated heterocycles. The first-order chi connectivity index (χ1) is 15.5. The van der Waals surface area contributed by atoms with Gasteiger partial charge in [0.05, 0.1) is 0 Å². The molecule has 0 atom stereocenters. The molecule has 1 fully saturated rings. The van der Waals surface area contributed by atoms with Crippen LogP contribution in [0.5, 0.6) is 0 Å². The molecule has 3 heterocycles. The standard InChI is InChI=1S/C23H24ClN5O3/c1-2-21-26-23(27-32-21)17-5-9-20(25-15-17)28-11-13-29(14-12-28)22(31)10-8-19(30)16-3-6-18(24)7-4-16/h3-7,9,15H,2,8,10-14H2,1H3. The van der Waals surface area contributed by atoms with Crippen molar-refractivity contribution in [2.75, 3.05) is 31.1 Å². The van der Waals surface area contributed by atoms with Crippen molar-refractivity contribution in [3.8, 4) is 11.4 Å². The molecule has 0 saturated carbocycles. The number of rotatable bonds is 7. The molecule has 9 heteroatoms. The van der Waals surface area contributed by atoms with Crippen LogP contribution < -0.4 is 4.90 Å². The van der Waals surface area contributed by atoms with Crippen molar-refractivity contribution in [2.24, 2.45) is 0 Å². The number of aromatic nitrogens is 3. The van der Waals surface area contributed by atoms with Gasteiger partial charge in [-0.15, -0.1) is 0 Å². The summed E-state index contributed by atoms with van der Waals surface area (Å²) in [4.78, 5) is 37.6. The normalized spacial score (nSPS) is 13.9. The molecule has 0 N–H and O–H groups in total. The monoisotopic (exact) mass is 453 g/mol. The smallest absolute Gasteiger partial charge is 0.226 e. The average molecular weight is 454 g/mol. The molecule has 1 aromatic carbocycles. The van der Waals surface area contributed by atoms with Crippen molar-refractivity contribution < 1.29 is 14.1 Å². The van der Waals surface area contributed by atoms with E-state index in [9.17, 15) is 9.59 Å². The minimum Gasteiger partial charge on any atom is -0.353 e. The number of carbonyl (C=O) groups is 2. The summed E-state index contributed by atoms with van der Waals surface area (Å²) in [5.41, 5.74) is 1.38. The minimum atomic E-state index is -0.0504. The molecule has 1 aliphatic heterocycles. The summed E-state index contributed by atoms with van der Waals surface area (Å²) in [7, 11) is 0. The summed E-state index contributed by atoms with van der Waals surface area (Å²) in [5.74, 6) is 1.92. The molecule has 0 spiro atoms. The number of pyridine rings is 1. The minimum absolute atomic E-state index is 0.000828. The van der Waals surface area contributed by atoms with Crippen LogP contribution in [0.25, 0.3) is 11.4 Å². The van der Waals surface area contributed by atoms with Crippen LogP contribution in [-0.4, -0.2) is 57.9 Å². The Bertz CT molecular complexity index is 1070. The van der Waals surface area contributed by atoms with Gasteiger partial charge in [0, 0.05) is 67.8 Å². The number of carbonyl (C=O) groups excluding carboxylic acids is 2. The number of amides is 1. The van der Waals surface area contributed by atoms with Crippen LogP contribution in [0.2, 0.25) is 5.02 Å². The number of anilines is 1. The molecular weight excluding hydrogens is 430 g/mol. The average Bonchev–Trinajstić information content (AvgIpc) is 3.32. The predicted molar refractivity (Wildman–Crippen MR) is 121 cm³/mol. The number of benzene rings is 1. The fourth-order valence-corrected chi connectivity index (χ4v) is 3.69. The quantitative estimate of drug-likeness (QED) is 0.504. The van der Waals surface area contributed by atoms with E-state index >= 15 is 0 Å². The largest absolute Gasteiger partial charge is 0.353 e. The third-order valence-electron chi connectivity index (χ3n) is 5.47. The number of halogens is 1. The van der Waals surface area contributed by atoms with Gasteiger partial charge in [-0.1, -0.05) is 23.7 Å². The molecule has 0 aliphatic carbocycles. The highest BCUT2D eigenvalue weighted by Crippen LogP contribution is 2.20. The van der Waals surface area contributed by atoms with Gasteiger partial charge in [0.2, 0.25) is 17.6 Å². The Balaban J connectivity index is 1.26. The molecule has 3 aromatic rings. The zero-order chi connectivity index (χ0) is 22.5. The molecule has 32 heavy (non-hydrogen) atoms. The van der Waals surface area contributed by atoms with Crippen LogP contribution in [0.3, 0.4) is 0 Å². The van der Waals surface area contributed by atoms with Crippen molar-refractivity contribution in [3.05, 3.63) is 59.1 Å². The third kappa shape index (κ3) is 5.13. The van der Waals surface area contributed by atoms with E-state index in [4.69, 9.17) is 16.1 Å². The molecule has 4 rings (SSSR count). The van der Waals surface area contributed by atoms with Crippen LogP contribution in [0.1, 0.15) is 36.0 Å². The van der Waals surface area contributed by atoms with Gasteiger partial charge < -0.3 is 14.3 Å². The molecule has 2 aromatic heterocycles. The molecule has 8 nitrogen and oxygen atoms in total. The van der Waals surface area contributed by atoms with E-state index in [1.165, 1.54) is 0 Å². The molecule has 0 unspecified atom stereocenters. The van der Waals surface area contributed by atoms with Crippen molar-refractivity contribution in [1.82, 2.24) is 20.0 Å². The number of aryl methyl sites for hydroxylation is 1. The molecule has 0 radical (unpaired) electrons. The van der Waals surface area contributed by atoms with Crippen LogP contribution in [0, 0.1) is 0 Å². The molecule has 166 valence electrons. The molecular formula is C23H24ClN5O3. The van der Waals surface area contributed by atoms with E-state index in [-0.39, 0.29) is 24.5 Å². The van der Waals surface area contributed by atoms with E-state index in [1.54, 1.807) is 30.5 Å². The Hall–Kier alpha value is -3.26. The lowest BCUT2D eigenvalue weighted by molar-refractivity contribution is -0.131. The highest BCUT2D eigenvalue weighted by molar-refractivity contribution is 6.30. The van der Waals surface area contributed by atoms with Crippen LogP contribution in [0.4, 0.5) is 5.82 Å². The maximum atomic E-state index is 12.6. The Morgan fingerprint density at radius 3 is 2.41 bits per heavy atom. The lowest BCUT2D eigenvalue weighted by Gasteiger charge is -2.35. The Morgan fingerprint density at radius 2 is 1.78 bits per heavy atom. The third-order valence-corrected chi connectivity index (χ3v) is 5.72. The van der Waals surface area contributed by atoms with Crippen LogP contribution in [-0.2, 0) is 11.2 Å². The van der Waals surface area contributed by atoms with Gasteiger partial charge >= 0.3 is 0 Å². The fraction of sp³-hybridized carbons (Fsp3) is 0.348. The van der Waals surface area contributed by atoms with Crippen LogP contribution >= 0.6 is 11.6 Å². The van der Waals surface area contributed by atoms with Crippen LogP contribution in [0.15, 0.2) is 47.1 Å². The zero-order valence-corrected chi connectivity index (χ0v) is 18.6. The molecule has 1 aliphatic rings. The van der Waals surface area contributed by atoms with Crippen molar-refractivity contribution in [3.63, 3.8) is 0 Å². The summed E-state index contributed by atoms with van der Waals surface area (Å²) >= 11 is 5.85. The van der Waals surface area contributed by atoms with E-state index in [0.29, 0.717) is 54.9 Å². The maximum Gasteiger partial charge on any atom is 0.226 e. The summed E-state index contributed by atoms with van der Waals surface area (Å²) in [5, 5.41) is 4.55. The van der Waals surface area contributed by atoms with E-state index < -0.39 is 0 Å². The highest BCUT2D eigenvalue weighted by Gasteiger charge is 2.22. The SMILES string of the molecule is CCc1nc(-c2ccc(N3CCN(C(=O)CCC(=O)c4ccc(Cl)cc4)CC3)nc2)no1. The first-order valence-electron chi connectivity index (χ1n) is 10.6. The second-order valence-corrected chi connectivity index (χ2v) is 8.00. The van der Waals surface area contributed by atoms with Gasteiger partial charge in [0.1, 0.15) is 5.82 Å². The summed E-state index contributed by atoms with van der Waals surface area (Å²) in [6.45, 7) is 4.53. The van der Waals surface area contributed by atoms with Gasteiger partial charge in [0.25, 0.3) is 0 Å². The first kappa shape index (κ1) is 22.0. The second-order valence-electron chi connectivity index (χ2n) is 7.57. The Kier molecular flexibility index (Phi) is 6.80. The van der Waals surface area contributed by atoms with Gasteiger partial charge in [-0.05, 0) is 36.4 Å². The number of Topliss-reactive ketones (excluding diaryl/α,β-unsaturated/α-hetero) is 1. The number of hydrogen-bond acceptors (Lipinski definition) is 7. The summed E-state index contributed by atoms with van der Waals surface area (Å²) < 4.78 is 5.15. The molecule has 1 amide bonds. The maximum absolute atomic E-state index is 12.6. The predicted octanol–water partition coefficient (Wildman–Crippen LogP) is 3.66. The molecule has 0 bridgehead atoms. The highest BCUT2D eigenvalue weighted by atomic mass is 35.5. The first-order valence-corrected chi connectivity index (χ1v) is 11.0. The Labute approximate surface area is 191 Å². The topological polar surface area (TPSA) is 92.4 Å². The zero-order valence-electron chi connectivity index (χ0n) is 17.8. The fourth-order valence-electron chi connectivity index (χ4n) is 3.56. The van der Waals surface area contributed by atoms with Crippen molar-refractivity contribution >= 4 is 29.1 Å². The van der Waals surface area contributed by atoms with E-state index in [0.717, 1.165) is 11.4 Å². The number of ketones is 1.